The van der Waals surface area contributed by atoms with Crippen LogP contribution in [0.4, 0.5) is 0 Å². The second kappa shape index (κ2) is 7.32. The summed E-state index contributed by atoms with van der Waals surface area (Å²) in [5, 5.41) is 14.7. The first-order valence-electron chi connectivity index (χ1n) is 8.33. The molecule has 2 N–H and O–H groups in total. The van der Waals surface area contributed by atoms with Crippen LogP contribution in [-0.4, -0.2) is 27.8 Å². The summed E-state index contributed by atoms with van der Waals surface area (Å²) in [6.07, 6.45) is 3.17. The van der Waals surface area contributed by atoms with Gasteiger partial charge in [0.2, 0.25) is 0 Å². The number of furan rings is 1. The summed E-state index contributed by atoms with van der Waals surface area (Å²) in [7, 11) is 0. The number of halogens is 1. The third kappa shape index (κ3) is 3.54. The molecule has 0 saturated heterocycles. The van der Waals surface area contributed by atoms with E-state index < -0.39 is 11.9 Å². The minimum Gasteiger partial charge on any atom is -0.480 e. The number of amides is 1. The van der Waals surface area contributed by atoms with Gasteiger partial charge in [-0.1, -0.05) is 34.1 Å². The molecule has 28 heavy (non-hydrogen) atoms. The number of carboxylic acid groups (broad SMARTS) is 1. The van der Waals surface area contributed by atoms with Crippen molar-refractivity contribution in [2.24, 2.45) is 5.10 Å². The minimum atomic E-state index is -0.936. The van der Waals surface area contributed by atoms with Crippen molar-refractivity contribution >= 4 is 55.9 Å². The number of carbonyl (C=O) groups is 2. The third-order valence-corrected chi connectivity index (χ3v) is 4.69. The normalized spacial score (nSPS) is 11.5. The molecule has 0 unspecified atom stereocenters. The van der Waals surface area contributed by atoms with E-state index in [4.69, 9.17) is 9.52 Å². The average molecular weight is 440 g/mol. The molecule has 0 aliphatic carbocycles. The number of fused-ring (bicyclic) bond motifs is 2. The van der Waals surface area contributed by atoms with Crippen LogP contribution in [0.3, 0.4) is 0 Å². The van der Waals surface area contributed by atoms with Crippen LogP contribution in [0.15, 0.2) is 68.7 Å². The lowest BCUT2D eigenvalue weighted by atomic mass is 10.2. The van der Waals surface area contributed by atoms with Gasteiger partial charge in [0.05, 0.1) is 6.21 Å². The van der Waals surface area contributed by atoms with E-state index in [1.54, 1.807) is 22.9 Å². The molecule has 0 aliphatic heterocycles. The van der Waals surface area contributed by atoms with Crippen molar-refractivity contribution in [2.75, 3.05) is 0 Å². The van der Waals surface area contributed by atoms with E-state index in [9.17, 15) is 9.59 Å². The summed E-state index contributed by atoms with van der Waals surface area (Å²) in [6, 6.07) is 14.5. The SMILES string of the molecule is O=C(O)Cn1cc(C=NNC(=O)c2cc3cc(Br)ccc3o2)c2ccccc21. The molecule has 0 saturated carbocycles. The molecular weight excluding hydrogens is 426 g/mol. The van der Waals surface area contributed by atoms with Gasteiger partial charge >= 0.3 is 11.9 Å². The number of carbonyl (C=O) groups excluding carboxylic acids is 1. The van der Waals surface area contributed by atoms with Crippen molar-refractivity contribution in [2.45, 2.75) is 6.54 Å². The molecule has 0 bridgehead atoms. The topological polar surface area (TPSA) is 96.8 Å². The summed E-state index contributed by atoms with van der Waals surface area (Å²) in [5.74, 6) is -1.26. The van der Waals surface area contributed by atoms with Gasteiger partial charge in [0.1, 0.15) is 12.1 Å². The number of rotatable bonds is 5. The Hall–Kier alpha value is -3.39. The average Bonchev–Trinajstić information content (AvgIpc) is 3.23. The Labute approximate surface area is 167 Å². The number of benzene rings is 2. The number of nitrogens with one attached hydrogen (secondary N) is 1. The Balaban J connectivity index is 1.55. The molecule has 1 amide bonds. The number of hydrazone groups is 1. The Morgan fingerprint density at radius 2 is 2.04 bits per heavy atom. The lowest BCUT2D eigenvalue weighted by Crippen LogP contribution is -2.16. The number of hydrogen-bond donors (Lipinski definition) is 2. The zero-order valence-electron chi connectivity index (χ0n) is 14.4. The lowest BCUT2D eigenvalue weighted by Gasteiger charge is -1.99. The van der Waals surface area contributed by atoms with Crippen molar-refractivity contribution in [1.29, 1.82) is 0 Å². The predicted molar refractivity (Wildman–Crippen MR) is 109 cm³/mol. The van der Waals surface area contributed by atoms with Gasteiger partial charge < -0.3 is 14.1 Å². The van der Waals surface area contributed by atoms with E-state index in [2.05, 4.69) is 26.5 Å². The molecule has 0 atom stereocenters. The molecular formula is C20H14BrN3O4. The Morgan fingerprint density at radius 3 is 2.86 bits per heavy atom. The Morgan fingerprint density at radius 1 is 1.21 bits per heavy atom. The fourth-order valence-corrected chi connectivity index (χ4v) is 3.38. The highest BCUT2D eigenvalue weighted by atomic mass is 79.9. The molecule has 2 aromatic carbocycles. The van der Waals surface area contributed by atoms with Crippen LogP contribution < -0.4 is 5.43 Å². The molecule has 0 radical (unpaired) electrons. The fraction of sp³-hybridized carbons (Fsp3) is 0.0500. The monoisotopic (exact) mass is 439 g/mol. The number of para-hydroxylation sites is 1. The van der Waals surface area contributed by atoms with Crippen LogP contribution in [0.1, 0.15) is 16.1 Å². The number of carboxylic acids is 1. The molecule has 4 rings (SSSR count). The van der Waals surface area contributed by atoms with Gasteiger partial charge in [-0.25, -0.2) is 5.43 Å². The number of nitrogens with zero attached hydrogens (tertiary/aromatic N) is 2. The smallest absolute Gasteiger partial charge is 0.323 e. The van der Waals surface area contributed by atoms with E-state index in [0.29, 0.717) is 11.1 Å². The summed E-state index contributed by atoms with van der Waals surface area (Å²) < 4.78 is 8.04. The number of aliphatic carboxylic acids is 1. The molecule has 7 nitrogen and oxygen atoms in total. The second-order valence-corrected chi connectivity index (χ2v) is 7.03. The minimum absolute atomic E-state index is 0.151. The van der Waals surface area contributed by atoms with Crippen LogP contribution in [-0.2, 0) is 11.3 Å². The molecule has 0 spiro atoms. The molecule has 2 aromatic heterocycles. The Kier molecular flexibility index (Phi) is 4.70. The number of hydrogen-bond acceptors (Lipinski definition) is 4. The van der Waals surface area contributed by atoms with Crippen LogP contribution in [0.5, 0.6) is 0 Å². The van der Waals surface area contributed by atoms with Crippen molar-refractivity contribution < 1.29 is 19.1 Å². The zero-order valence-corrected chi connectivity index (χ0v) is 16.0. The van der Waals surface area contributed by atoms with E-state index in [1.807, 2.05) is 36.4 Å². The summed E-state index contributed by atoms with van der Waals surface area (Å²) in [4.78, 5) is 23.3. The van der Waals surface area contributed by atoms with E-state index in [-0.39, 0.29) is 12.3 Å². The van der Waals surface area contributed by atoms with Gasteiger partial charge in [0, 0.05) is 32.5 Å². The summed E-state index contributed by atoms with van der Waals surface area (Å²) in [6.45, 7) is -0.157. The summed E-state index contributed by atoms with van der Waals surface area (Å²) in [5.41, 5.74) is 4.52. The maximum atomic E-state index is 12.3. The highest BCUT2D eigenvalue weighted by Gasteiger charge is 2.12. The first-order chi connectivity index (χ1) is 13.5. The first-order valence-corrected chi connectivity index (χ1v) is 9.13. The second-order valence-electron chi connectivity index (χ2n) is 6.12. The highest BCUT2D eigenvalue weighted by molar-refractivity contribution is 9.10. The lowest BCUT2D eigenvalue weighted by molar-refractivity contribution is -0.137. The van der Waals surface area contributed by atoms with Crippen molar-refractivity contribution in [1.82, 2.24) is 9.99 Å². The maximum Gasteiger partial charge on any atom is 0.323 e. The molecule has 4 aromatic rings. The van der Waals surface area contributed by atoms with Crippen molar-refractivity contribution in [3.63, 3.8) is 0 Å². The zero-order chi connectivity index (χ0) is 19.7. The highest BCUT2D eigenvalue weighted by Crippen LogP contribution is 2.23. The Bertz CT molecular complexity index is 1240. The van der Waals surface area contributed by atoms with E-state index in [1.165, 1.54) is 6.21 Å². The number of aromatic nitrogens is 1. The quantitative estimate of drug-likeness (QED) is 0.362. The standard InChI is InChI=1S/C20H14BrN3O4/c21-14-5-6-17-12(7-14)8-18(28-17)20(27)23-22-9-13-10-24(11-19(25)26)16-4-2-1-3-15(13)16/h1-10H,11H2,(H,23,27)(H,25,26). The van der Waals surface area contributed by atoms with Gasteiger partial charge in [-0.3, -0.25) is 9.59 Å². The third-order valence-electron chi connectivity index (χ3n) is 4.20. The molecule has 8 heteroatoms. The van der Waals surface area contributed by atoms with Gasteiger partial charge in [-0.15, -0.1) is 0 Å². The van der Waals surface area contributed by atoms with Crippen LogP contribution in [0.25, 0.3) is 21.9 Å². The van der Waals surface area contributed by atoms with E-state index >= 15 is 0 Å². The van der Waals surface area contributed by atoms with Crippen LogP contribution >= 0.6 is 15.9 Å². The van der Waals surface area contributed by atoms with Gasteiger partial charge in [-0.05, 0) is 30.3 Å². The largest absolute Gasteiger partial charge is 0.480 e. The van der Waals surface area contributed by atoms with Crippen molar-refractivity contribution in [3.05, 3.63) is 70.5 Å². The van der Waals surface area contributed by atoms with Gasteiger partial charge in [0.25, 0.3) is 0 Å². The predicted octanol–water partition coefficient (Wildman–Crippen LogP) is 4.00. The van der Waals surface area contributed by atoms with Gasteiger partial charge in [-0.2, -0.15) is 5.10 Å². The molecule has 0 fully saturated rings. The molecule has 140 valence electrons. The van der Waals surface area contributed by atoms with Crippen molar-refractivity contribution in [3.8, 4) is 0 Å². The van der Waals surface area contributed by atoms with E-state index in [0.717, 1.165) is 20.8 Å². The van der Waals surface area contributed by atoms with Gasteiger partial charge in [0.15, 0.2) is 5.76 Å². The fourth-order valence-electron chi connectivity index (χ4n) is 3.00. The van der Waals surface area contributed by atoms with Crippen LogP contribution in [0, 0.1) is 0 Å². The molecule has 0 aliphatic rings. The summed E-state index contributed by atoms with van der Waals surface area (Å²) >= 11 is 3.38. The van der Waals surface area contributed by atoms with Crippen LogP contribution in [0.2, 0.25) is 0 Å². The first kappa shape index (κ1) is 18.0. The maximum absolute atomic E-state index is 12.3. The molecule has 2 heterocycles.